The molecule has 0 saturated carbocycles. The summed E-state index contributed by atoms with van der Waals surface area (Å²) >= 11 is 0. The molecular weight excluding hydrogens is 717 g/mol. The van der Waals surface area contributed by atoms with Gasteiger partial charge in [-0.1, -0.05) is 76.2 Å². The Kier molecular flexibility index (Phi) is 12.1. The Labute approximate surface area is 326 Å². The number of carbonyl (C=O) groups is 4. The molecule has 0 unspecified atom stereocenters. The number of alkyl carbamates (subject to hydrolysis) is 2. The topological polar surface area (TPSA) is 181 Å². The van der Waals surface area contributed by atoms with Crippen LogP contribution in [0.15, 0.2) is 60.9 Å². The van der Waals surface area contributed by atoms with Crippen LogP contribution in [0.5, 0.6) is 0 Å². The number of H-pyrrole nitrogens is 2. The van der Waals surface area contributed by atoms with Crippen LogP contribution in [0, 0.1) is 11.8 Å². The second-order valence-corrected chi connectivity index (χ2v) is 15.0. The molecule has 4 aromatic rings. The summed E-state index contributed by atoms with van der Waals surface area (Å²) in [6, 6.07) is 14.3. The molecule has 4 atom stereocenters. The molecule has 4 amide bonds. The smallest absolute Gasteiger partial charge is 0.407 e. The van der Waals surface area contributed by atoms with Crippen LogP contribution in [0.4, 0.5) is 9.59 Å². The third-order valence-corrected chi connectivity index (χ3v) is 10.6. The van der Waals surface area contributed by atoms with E-state index in [1.165, 1.54) is 14.2 Å². The number of benzene rings is 2. The van der Waals surface area contributed by atoms with E-state index in [9.17, 15) is 19.2 Å². The molecule has 2 saturated heterocycles. The van der Waals surface area contributed by atoms with Gasteiger partial charge in [0.25, 0.3) is 11.8 Å². The Morgan fingerprint density at radius 1 is 0.625 bits per heavy atom. The van der Waals surface area contributed by atoms with Crippen LogP contribution in [-0.2, 0) is 19.1 Å². The molecule has 2 aromatic heterocycles. The summed E-state index contributed by atoms with van der Waals surface area (Å²) in [7, 11) is 6.28. The lowest BCUT2D eigenvalue weighted by Gasteiger charge is -2.33. The molecule has 0 aliphatic carbocycles. The molecule has 2 aliphatic heterocycles. The fourth-order valence-corrected chi connectivity index (χ4v) is 7.38. The van der Waals surface area contributed by atoms with Gasteiger partial charge in [0.15, 0.2) is 0 Å². The number of methoxy groups -OCH3 is 2. The molecule has 6 rings (SSSR count). The molecule has 2 aromatic carbocycles. The van der Waals surface area contributed by atoms with Crippen molar-refractivity contribution in [3.05, 3.63) is 72.6 Å². The zero-order valence-corrected chi connectivity index (χ0v) is 33.2. The summed E-state index contributed by atoms with van der Waals surface area (Å²) in [5, 5.41) is 12.5. The normalized spacial score (nSPS) is 18.7. The summed E-state index contributed by atoms with van der Waals surface area (Å²) in [5.74, 6) is 0.622. The quantitative estimate of drug-likeness (QED) is 0.160. The second kappa shape index (κ2) is 17.0. The Hall–Kier alpha value is -5.74. The van der Waals surface area contributed by atoms with Gasteiger partial charge in [-0.25, -0.2) is 29.6 Å². The fraction of sp³-hybridized carbons (Fsp3) is 0.450. The minimum atomic E-state index is -0.747. The molecule has 298 valence electrons. The number of amides is 4. The van der Waals surface area contributed by atoms with Gasteiger partial charge in [-0.2, -0.15) is 0 Å². The summed E-state index contributed by atoms with van der Waals surface area (Å²) in [4.78, 5) is 67.6. The van der Waals surface area contributed by atoms with Crippen LogP contribution >= 0.6 is 0 Å². The van der Waals surface area contributed by atoms with Crippen molar-refractivity contribution in [2.75, 3.05) is 41.4 Å². The molecular formula is C40H52N10O6. The van der Waals surface area contributed by atoms with Crippen molar-refractivity contribution in [1.82, 2.24) is 50.6 Å². The molecule has 0 spiro atoms. The van der Waals surface area contributed by atoms with Crippen molar-refractivity contribution in [2.24, 2.45) is 11.8 Å². The average molecular weight is 769 g/mol. The monoisotopic (exact) mass is 768 g/mol. The highest BCUT2D eigenvalue weighted by Crippen LogP contribution is 2.35. The molecule has 4 N–H and O–H groups in total. The SMILES string of the molecule is COC(=O)N[C@H](C(=O)N1[C@H](c2ncc(-c3ccc(-c4ccc(-c5cnc([C@@H]6CCN(C)N6C(=O)[C@@H](NC(=O)OC)C(C)C)[nH]5)cc4)cc3)[nH]2)CCN1C)C(C)C. The van der Waals surface area contributed by atoms with Gasteiger partial charge in [0.05, 0.1) is 38.0 Å². The van der Waals surface area contributed by atoms with E-state index in [-0.39, 0.29) is 35.7 Å². The van der Waals surface area contributed by atoms with E-state index in [4.69, 9.17) is 9.47 Å². The van der Waals surface area contributed by atoms with Gasteiger partial charge in [-0.05, 0) is 46.9 Å². The maximum atomic E-state index is 13.7. The number of hydrazine groups is 2. The first kappa shape index (κ1) is 39.9. The van der Waals surface area contributed by atoms with E-state index in [1.54, 1.807) is 22.4 Å². The number of rotatable bonds is 11. The minimum Gasteiger partial charge on any atom is -0.453 e. The second-order valence-electron chi connectivity index (χ2n) is 15.0. The first-order valence-corrected chi connectivity index (χ1v) is 18.9. The van der Waals surface area contributed by atoms with Crippen LogP contribution in [-0.4, -0.2) is 117 Å². The largest absolute Gasteiger partial charge is 0.453 e. The van der Waals surface area contributed by atoms with Crippen LogP contribution in [0.3, 0.4) is 0 Å². The van der Waals surface area contributed by atoms with Crippen molar-refractivity contribution in [3.8, 4) is 33.6 Å². The van der Waals surface area contributed by atoms with Crippen LogP contribution < -0.4 is 10.6 Å². The lowest BCUT2D eigenvalue weighted by atomic mass is 10.0. The van der Waals surface area contributed by atoms with E-state index in [1.807, 2.05) is 76.1 Å². The zero-order valence-electron chi connectivity index (χ0n) is 33.2. The predicted octanol–water partition coefficient (Wildman–Crippen LogP) is 5.14. The molecule has 56 heavy (non-hydrogen) atoms. The van der Waals surface area contributed by atoms with E-state index in [0.29, 0.717) is 37.6 Å². The lowest BCUT2D eigenvalue weighted by molar-refractivity contribution is -0.150. The van der Waals surface area contributed by atoms with E-state index >= 15 is 0 Å². The van der Waals surface area contributed by atoms with Crippen molar-refractivity contribution in [2.45, 2.75) is 64.7 Å². The lowest BCUT2D eigenvalue weighted by Crippen LogP contribution is -2.54. The van der Waals surface area contributed by atoms with Gasteiger partial charge in [0.2, 0.25) is 0 Å². The third kappa shape index (κ3) is 8.26. The van der Waals surface area contributed by atoms with Gasteiger partial charge >= 0.3 is 12.2 Å². The molecule has 16 heteroatoms. The Balaban J connectivity index is 1.13. The van der Waals surface area contributed by atoms with Gasteiger partial charge in [0, 0.05) is 27.2 Å². The number of aromatic amines is 2. The van der Waals surface area contributed by atoms with E-state index in [2.05, 4.69) is 54.8 Å². The summed E-state index contributed by atoms with van der Waals surface area (Å²) in [5.41, 5.74) is 5.66. The minimum absolute atomic E-state index is 0.145. The zero-order chi connectivity index (χ0) is 40.3. The number of aromatic nitrogens is 4. The third-order valence-electron chi connectivity index (χ3n) is 10.6. The number of ether oxygens (including phenoxy) is 2. The Morgan fingerprint density at radius 3 is 1.29 bits per heavy atom. The maximum absolute atomic E-state index is 13.7. The van der Waals surface area contributed by atoms with Gasteiger partial charge in [-0.3, -0.25) is 19.6 Å². The highest BCUT2D eigenvalue weighted by molar-refractivity contribution is 5.87. The van der Waals surface area contributed by atoms with Crippen molar-refractivity contribution >= 4 is 24.0 Å². The van der Waals surface area contributed by atoms with E-state index in [0.717, 1.165) is 33.6 Å². The Bertz CT molecular complexity index is 1870. The van der Waals surface area contributed by atoms with Gasteiger partial charge < -0.3 is 30.1 Å². The van der Waals surface area contributed by atoms with Crippen LogP contribution in [0.2, 0.25) is 0 Å². The number of imidazole rings is 2. The van der Waals surface area contributed by atoms with E-state index < -0.39 is 24.3 Å². The average Bonchev–Trinajstić information content (AvgIpc) is 4.02. The number of nitrogens with zero attached hydrogens (tertiary/aromatic N) is 6. The number of hydrogen-bond donors (Lipinski definition) is 4. The van der Waals surface area contributed by atoms with Gasteiger partial charge in [-0.15, -0.1) is 0 Å². The molecule has 4 heterocycles. The number of nitrogens with one attached hydrogen (secondary N) is 4. The molecule has 2 fully saturated rings. The molecule has 16 nitrogen and oxygen atoms in total. The van der Waals surface area contributed by atoms with Crippen molar-refractivity contribution < 1.29 is 28.7 Å². The van der Waals surface area contributed by atoms with Crippen molar-refractivity contribution in [3.63, 3.8) is 0 Å². The molecule has 0 bridgehead atoms. The summed E-state index contributed by atoms with van der Waals surface area (Å²) in [6.07, 6.45) is 3.66. The fourth-order valence-electron chi connectivity index (χ4n) is 7.38. The highest BCUT2D eigenvalue weighted by atomic mass is 16.5. The standard InChI is InChI=1S/C40H52N10O6/c1-23(2)33(45-39(53)55-7)37(51)49-31(17-19-47(49)5)35-41-21-29(43-35)27-13-9-25(10-14-27)26-11-15-28(16-12-26)30-22-42-36(44-30)32-18-20-48(6)50(32)38(52)34(24(3)4)46-40(54)56-8/h9-16,21-24,31-34H,17-20H2,1-8H3,(H,41,43)(H,42,44)(H,45,53)(H,46,54)/t31-,32-,33-,34-/m0/s1. The van der Waals surface area contributed by atoms with Crippen molar-refractivity contribution in [1.29, 1.82) is 0 Å². The highest BCUT2D eigenvalue weighted by Gasteiger charge is 2.42. The molecule has 2 aliphatic rings. The number of carbonyl (C=O) groups excluding carboxylic acids is 4. The summed E-state index contributed by atoms with van der Waals surface area (Å²) in [6.45, 7) is 8.87. The first-order valence-electron chi connectivity index (χ1n) is 18.9. The van der Waals surface area contributed by atoms with Crippen LogP contribution in [0.1, 0.15) is 64.3 Å². The van der Waals surface area contributed by atoms with Crippen LogP contribution in [0.25, 0.3) is 33.6 Å². The number of hydrogen-bond acceptors (Lipinski definition) is 10. The summed E-state index contributed by atoms with van der Waals surface area (Å²) < 4.78 is 9.53. The first-order chi connectivity index (χ1) is 26.8. The molecule has 0 radical (unpaired) electrons. The maximum Gasteiger partial charge on any atom is 0.407 e. The Morgan fingerprint density at radius 2 is 0.964 bits per heavy atom. The predicted molar refractivity (Wildman–Crippen MR) is 209 cm³/mol. The van der Waals surface area contributed by atoms with Gasteiger partial charge in [0.1, 0.15) is 35.8 Å².